The van der Waals surface area contributed by atoms with Gasteiger partial charge in [0.25, 0.3) is 0 Å². The molecule has 0 unspecified atom stereocenters. The molecule has 1 heterocycles. The third-order valence-electron chi connectivity index (χ3n) is 4.54. The summed E-state index contributed by atoms with van der Waals surface area (Å²) < 4.78 is 1.74. The number of rotatable bonds is 5. The predicted octanol–water partition coefficient (Wildman–Crippen LogP) is 4.62. The van der Waals surface area contributed by atoms with Crippen LogP contribution in [0.15, 0.2) is 73.1 Å². The van der Waals surface area contributed by atoms with E-state index < -0.39 is 0 Å². The van der Waals surface area contributed by atoms with Gasteiger partial charge in [-0.15, -0.1) is 0 Å². The molecule has 5 heteroatoms. The van der Waals surface area contributed by atoms with Crippen LogP contribution in [0.1, 0.15) is 23.6 Å². The second-order valence-corrected chi connectivity index (χ2v) is 7.19. The first kappa shape index (κ1) is 20.1. The van der Waals surface area contributed by atoms with Crippen LogP contribution in [-0.2, 0) is 6.42 Å². The van der Waals surface area contributed by atoms with Crippen LogP contribution in [0.5, 0.6) is 0 Å². The first-order valence-corrected chi connectivity index (χ1v) is 9.83. The summed E-state index contributed by atoms with van der Waals surface area (Å²) in [5.74, 6) is -0.143. The van der Waals surface area contributed by atoms with E-state index in [1.54, 1.807) is 4.57 Å². The second kappa shape index (κ2) is 9.00. The lowest BCUT2D eigenvalue weighted by Crippen LogP contribution is -2.39. The molecule has 1 aromatic heterocycles. The Bertz CT molecular complexity index is 1010. The Hall–Kier alpha value is -2.69. The number of nitrogens with zero attached hydrogens (tertiary/aromatic N) is 1. The maximum Gasteiger partial charge on any atom is 0.238 e. The highest BCUT2D eigenvalue weighted by atomic mass is 35.5. The number of pyridine rings is 1. The number of anilines is 1. The molecule has 3 nitrogen and oxygen atoms in total. The minimum Gasteiger partial charge on any atom is -0.867 e. The van der Waals surface area contributed by atoms with E-state index in [2.05, 4.69) is 12.2 Å². The maximum absolute atomic E-state index is 13.3. The van der Waals surface area contributed by atoms with Crippen molar-refractivity contribution in [2.45, 2.75) is 20.3 Å². The number of benzene rings is 2. The number of nitrogens with one attached hydrogen (secondary N) is 1. The van der Waals surface area contributed by atoms with Gasteiger partial charge in [-0.25, -0.2) is 0 Å². The molecule has 28 heavy (non-hydrogen) atoms. The van der Waals surface area contributed by atoms with E-state index in [9.17, 15) is 5.11 Å². The van der Waals surface area contributed by atoms with Crippen molar-refractivity contribution in [3.05, 3.63) is 94.8 Å². The van der Waals surface area contributed by atoms with Crippen LogP contribution in [0.25, 0.3) is 11.5 Å². The first-order chi connectivity index (χ1) is 13.5. The van der Waals surface area contributed by atoms with E-state index in [0.717, 1.165) is 17.7 Å². The number of hydrogen-bond acceptors (Lipinski definition) is 2. The second-order valence-electron chi connectivity index (χ2n) is 6.38. The van der Waals surface area contributed by atoms with Crippen LogP contribution in [-0.4, -0.2) is 4.99 Å². The number of aromatic nitrogens is 1. The van der Waals surface area contributed by atoms with Crippen molar-refractivity contribution in [1.29, 1.82) is 0 Å². The summed E-state index contributed by atoms with van der Waals surface area (Å²) in [5, 5.41) is 17.1. The molecule has 142 valence electrons. The van der Waals surface area contributed by atoms with Crippen molar-refractivity contribution in [2.75, 3.05) is 5.32 Å². The van der Waals surface area contributed by atoms with Crippen molar-refractivity contribution in [3.63, 3.8) is 0 Å². The molecule has 2 aromatic carbocycles. The Labute approximate surface area is 175 Å². The normalized spacial score (nSPS) is 11.7. The fourth-order valence-electron chi connectivity index (χ4n) is 2.84. The number of thiocarbonyl (C=S) groups is 1. The van der Waals surface area contributed by atoms with Gasteiger partial charge in [-0.2, -0.15) is 4.57 Å². The van der Waals surface area contributed by atoms with Gasteiger partial charge in [-0.05, 0) is 47.9 Å². The van der Waals surface area contributed by atoms with Crippen LogP contribution < -0.4 is 15.0 Å². The zero-order chi connectivity index (χ0) is 20.1. The molecular weight excluding hydrogens is 388 g/mol. The lowest BCUT2D eigenvalue weighted by molar-refractivity contribution is -0.577. The van der Waals surface area contributed by atoms with Gasteiger partial charge in [0.2, 0.25) is 5.70 Å². The first-order valence-electron chi connectivity index (χ1n) is 9.05. The fraction of sp³-hybridized carbons (Fsp3) is 0.130. The van der Waals surface area contributed by atoms with Crippen molar-refractivity contribution in [1.82, 2.24) is 0 Å². The summed E-state index contributed by atoms with van der Waals surface area (Å²) in [4.78, 5) is 0.339. The monoisotopic (exact) mass is 408 g/mol. The lowest BCUT2D eigenvalue weighted by Gasteiger charge is -2.18. The van der Waals surface area contributed by atoms with E-state index in [4.69, 9.17) is 23.8 Å². The Kier molecular flexibility index (Phi) is 6.45. The maximum atomic E-state index is 13.3. The van der Waals surface area contributed by atoms with Gasteiger partial charge in [0.1, 0.15) is 0 Å². The van der Waals surface area contributed by atoms with Crippen LogP contribution in [0, 0.1) is 6.92 Å². The summed E-state index contributed by atoms with van der Waals surface area (Å²) in [7, 11) is 0. The Balaban J connectivity index is 2.06. The van der Waals surface area contributed by atoms with Gasteiger partial charge in [0.05, 0.1) is 0 Å². The van der Waals surface area contributed by atoms with Crippen molar-refractivity contribution in [2.24, 2.45) is 0 Å². The molecule has 3 rings (SSSR count). The zero-order valence-electron chi connectivity index (χ0n) is 15.8. The molecule has 0 amide bonds. The van der Waals surface area contributed by atoms with Crippen LogP contribution in [0.3, 0.4) is 0 Å². The predicted molar refractivity (Wildman–Crippen MR) is 118 cm³/mol. The van der Waals surface area contributed by atoms with E-state index in [1.165, 1.54) is 5.56 Å². The van der Waals surface area contributed by atoms with Gasteiger partial charge in [0.15, 0.2) is 17.4 Å². The molecule has 0 aliphatic rings. The molecule has 0 aliphatic carbocycles. The third kappa shape index (κ3) is 4.41. The molecule has 0 atom stereocenters. The average Bonchev–Trinajstić information content (AvgIpc) is 2.72. The molecule has 0 radical (unpaired) electrons. The van der Waals surface area contributed by atoms with Gasteiger partial charge in [-0.3, -0.25) is 0 Å². The van der Waals surface area contributed by atoms with Gasteiger partial charge in [-0.1, -0.05) is 67.1 Å². The van der Waals surface area contributed by atoms with Crippen LogP contribution in [0.2, 0.25) is 5.02 Å². The SMILES string of the molecule is CCc1ccc(/C([O-])=C(/C(=S)Nc2cccc(Cl)c2C)[n+]2ccccc2)cc1. The molecule has 0 fully saturated rings. The number of aryl methyl sites for hydroxylation is 1. The van der Waals surface area contributed by atoms with E-state index in [-0.39, 0.29) is 5.76 Å². The highest BCUT2D eigenvalue weighted by Gasteiger charge is 2.19. The standard InChI is InChI=1S/C23H21ClN2OS/c1-3-17-10-12-18(13-11-17)22(27)21(26-14-5-4-6-15-26)23(28)25-20-9-7-8-19(24)16(20)2/h4-15H,3H2,1-2H3,(H-,25,27,28). The molecule has 0 spiro atoms. The van der Waals surface area contributed by atoms with Crippen LogP contribution in [0.4, 0.5) is 5.69 Å². The zero-order valence-corrected chi connectivity index (χ0v) is 17.3. The highest BCUT2D eigenvalue weighted by Crippen LogP contribution is 2.24. The van der Waals surface area contributed by atoms with E-state index in [1.807, 2.05) is 80.0 Å². The smallest absolute Gasteiger partial charge is 0.238 e. The van der Waals surface area contributed by atoms with Crippen LogP contribution >= 0.6 is 23.8 Å². The van der Waals surface area contributed by atoms with E-state index in [0.29, 0.717) is 21.3 Å². The minimum absolute atomic E-state index is 0.143. The topological polar surface area (TPSA) is 39.0 Å². The van der Waals surface area contributed by atoms with Crippen molar-refractivity contribution < 1.29 is 9.67 Å². The van der Waals surface area contributed by atoms with Crippen molar-refractivity contribution >= 4 is 46.0 Å². The summed E-state index contributed by atoms with van der Waals surface area (Å²) >= 11 is 11.9. The molecule has 0 saturated heterocycles. The molecular formula is C23H21ClN2OS. The Morgan fingerprint density at radius 3 is 2.36 bits per heavy atom. The quantitative estimate of drug-likeness (QED) is 0.289. The van der Waals surface area contributed by atoms with Gasteiger partial charge < -0.3 is 10.4 Å². The minimum atomic E-state index is -0.143. The molecule has 0 saturated carbocycles. The van der Waals surface area contributed by atoms with Crippen molar-refractivity contribution in [3.8, 4) is 0 Å². The Morgan fingerprint density at radius 1 is 1.04 bits per heavy atom. The van der Waals surface area contributed by atoms with E-state index >= 15 is 0 Å². The lowest BCUT2D eigenvalue weighted by atomic mass is 10.1. The molecule has 3 aromatic rings. The Morgan fingerprint density at radius 2 is 1.71 bits per heavy atom. The third-order valence-corrected chi connectivity index (χ3v) is 5.25. The van der Waals surface area contributed by atoms with Gasteiger partial charge >= 0.3 is 0 Å². The fourth-order valence-corrected chi connectivity index (χ4v) is 3.32. The molecule has 0 aliphatic heterocycles. The summed E-state index contributed by atoms with van der Waals surface area (Å²) in [6.07, 6.45) is 4.55. The number of hydrogen-bond donors (Lipinski definition) is 1. The summed E-state index contributed by atoms with van der Waals surface area (Å²) in [6.45, 7) is 3.99. The highest BCUT2D eigenvalue weighted by molar-refractivity contribution is 7.81. The average molecular weight is 409 g/mol. The largest absolute Gasteiger partial charge is 0.867 e. The molecule has 0 bridgehead atoms. The summed E-state index contributed by atoms with van der Waals surface area (Å²) in [5.41, 5.74) is 3.82. The number of halogens is 1. The van der Waals surface area contributed by atoms with Gasteiger partial charge in [0, 0.05) is 22.8 Å². The molecule has 1 N–H and O–H groups in total. The summed E-state index contributed by atoms with van der Waals surface area (Å²) in [6, 6.07) is 18.8.